The number of nitrogens with two attached hydrogens (primary N) is 1. The Hall–Kier alpha value is -2.35. The van der Waals surface area contributed by atoms with Gasteiger partial charge in [0.15, 0.2) is 5.82 Å². The van der Waals surface area contributed by atoms with Crippen LogP contribution >= 0.6 is 15.9 Å². The summed E-state index contributed by atoms with van der Waals surface area (Å²) in [4.78, 5) is 0. The first-order chi connectivity index (χ1) is 10.5. The summed E-state index contributed by atoms with van der Waals surface area (Å²) in [7, 11) is 3.21. The van der Waals surface area contributed by atoms with E-state index in [-0.39, 0.29) is 21.7 Å². The third-order valence-corrected chi connectivity index (χ3v) is 3.94. The van der Waals surface area contributed by atoms with Gasteiger partial charge < -0.3 is 15.2 Å². The molecule has 0 radical (unpaired) electrons. The molecular formula is C14H12BrFN4O2. The average Bonchev–Trinajstić information content (AvgIpc) is 2.89. The van der Waals surface area contributed by atoms with Crippen LogP contribution in [0.5, 0.6) is 17.2 Å². The molecule has 3 aromatic rings. The fourth-order valence-electron chi connectivity index (χ4n) is 2.05. The molecule has 0 unspecified atom stereocenters. The minimum atomic E-state index is -0.630. The zero-order chi connectivity index (χ0) is 15.9. The highest BCUT2D eigenvalue weighted by molar-refractivity contribution is 9.10. The lowest BCUT2D eigenvalue weighted by Crippen LogP contribution is -1.99. The molecule has 0 atom stereocenters. The second kappa shape index (κ2) is 5.45. The van der Waals surface area contributed by atoms with Gasteiger partial charge in [-0.2, -0.15) is 0 Å². The Morgan fingerprint density at radius 2 is 2.05 bits per heavy atom. The highest BCUT2D eigenvalue weighted by atomic mass is 79.9. The SMILES string of the molecule is COc1cc(Oc2ccc3c(c2)nnn3C)c(Br)c(F)c1N. The molecule has 0 aliphatic heterocycles. The van der Waals surface area contributed by atoms with Gasteiger partial charge in [-0.1, -0.05) is 5.21 Å². The van der Waals surface area contributed by atoms with Crippen molar-refractivity contribution in [2.45, 2.75) is 0 Å². The Labute approximate surface area is 133 Å². The van der Waals surface area contributed by atoms with E-state index in [0.717, 1.165) is 5.52 Å². The number of rotatable bonds is 3. The minimum Gasteiger partial charge on any atom is -0.494 e. The second-order valence-electron chi connectivity index (χ2n) is 4.58. The number of methoxy groups -OCH3 is 1. The molecule has 1 heterocycles. The van der Waals surface area contributed by atoms with Crippen LogP contribution in [-0.4, -0.2) is 22.1 Å². The van der Waals surface area contributed by atoms with Crippen molar-refractivity contribution in [1.29, 1.82) is 0 Å². The Morgan fingerprint density at radius 3 is 2.77 bits per heavy atom. The van der Waals surface area contributed by atoms with Crippen molar-refractivity contribution in [3.05, 3.63) is 34.6 Å². The lowest BCUT2D eigenvalue weighted by molar-refractivity contribution is 0.406. The normalized spacial score (nSPS) is 10.9. The number of fused-ring (bicyclic) bond motifs is 1. The zero-order valence-corrected chi connectivity index (χ0v) is 13.4. The molecule has 0 aliphatic rings. The maximum atomic E-state index is 14.0. The van der Waals surface area contributed by atoms with Crippen molar-refractivity contribution in [3.8, 4) is 17.2 Å². The number of benzene rings is 2. The predicted molar refractivity (Wildman–Crippen MR) is 83.6 cm³/mol. The number of aromatic nitrogens is 3. The van der Waals surface area contributed by atoms with Crippen LogP contribution in [0.15, 0.2) is 28.7 Å². The van der Waals surface area contributed by atoms with Crippen LogP contribution in [0.1, 0.15) is 0 Å². The molecule has 2 aromatic carbocycles. The molecule has 0 aliphatic carbocycles. The first-order valence-electron chi connectivity index (χ1n) is 6.30. The first kappa shape index (κ1) is 14.6. The number of anilines is 1. The van der Waals surface area contributed by atoms with Gasteiger partial charge in [-0.25, -0.2) is 9.07 Å². The van der Waals surface area contributed by atoms with Crippen molar-refractivity contribution in [2.24, 2.45) is 7.05 Å². The molecule has 1 aromatic heterocycles. The quantitative estimate of drug-likeness (QED) is 0.720. The monoisotopic (exact) mass is 366 g/mol. The Bertz CT molecular complexity index is 866. The lowest BCUT2D eigenvalue weighted by atomic mass is 10.2. The van der Waals surface area contributed by atoms with Crippen molar-refractivity contribution in [1.82, 2.24) is 15.0 Å². The molecule has 22 heavy (non-hydrogen) atoms. The summed E-state index contributed by atoms with van der Waals surface area (Å²) in [5.41, 5.74) is 7.10. The second-order valence-corrected chi connectivity index (χ2v) is 5.38. The van der Waals surface area contributed by atoms with Gasteiger partial charge in [-0.3, -0.25) is 0 Å². The summed E-state index contributed by atoms with van der Waals surface area (Å²) in [5, 5.41) is 7.93. The van der Waals surface area contributed by atoms with Crippen LogP contribution in [0.4, 0.5) is 10.1 Å². The van der Waals surface area contributed by atoms with Gasteiger partial charge in [0.2, 0.25) is 0 Å². The van der Waals surface area contributed by atoms with E-state index in [1.54, 1.807) is 23.9 Å². The lowest BCUT2D eigenvalue weighted by Gasteiger charge is -2.12. The zero-order valence-electron chi connectivity index (χ0n) is 11.8. The van der Waals surface area contributed by atoms with Crippen LogP contribution in [0.2, 0.25) is 0 Å². The van der Waals surface area contributed by atoms with E-state index in [2.05, 4.69) is 26.2 Å². The van der Waals surface area contributed by atoms with Crippen LogP contribution in [-0.2, 0) is 7.05 Å². The van der Waals surface area contributed by atoms with Crippen LogP contribution < -0.4 is 15.2 Å². The largest absolute Gasteiger partial charge is 0.494 e. The first-order valence-corrected chi connectivity index (χ1v) is 7.09. The fourth-order valence-corrected chi connectivity index (χ4v) is 2.46. The Morgan fingerprint density at radius 1 is 1.27 bits per heavy atom. The third kappa shape index (κ3) is 2.35. The van der Waals surface area contributed by atoms with Crippen molar-refractivity contribution in [2.75, 3.05) is 12.8 Å². The summed E-state index contributed by atoms with van der Waals surface area (Å²) in [6.07, 6.45) is 0. The van der Waals surface area contributed by atoms with Crippen LogP contribution in [0.25, 0.3) is 11.0 Å². The highest BCUT2D eigenvalue weighted by Crippen LogP contribution is 2.40. The molecule has 0 saturated heterocycles. The van der Waals surface area contributed by atoms with Crippen molar-refractivity contribution in [3.63, 3.8) is 0 Å². The van der Waals surface area contributed by atoms with Crippen LogP contribution in [0, 0.1) is 5.82 Å². The molecule has 0 amide bonds. The molecular weight excluding hydrogens is 355 g/mol. The van der Waals surface area contributed by atoms with E-state index >= 15 is 0 Å². The molecule has 0 fully saturated rings. The highest BCUT2D eigenvalue weighted by Gasteiger charge is 2.17. The van der Waals surface area contributed by atoms with Gasteiger partial charge in [0.25, 0.3) is 0 Å². The average molecular weight is 367 g/mol. The van der Waals surface area contributed by atoms with Gasteiger partial charge in [-0.15, -0.1) is 5.10 Å². The minimum absolute atomic E-state index is 0.0777. The molecule has 3 rings (SSSR count). The van der Waals surface area contributed by atoms with E-state index in [1.807, 2.05) is 6.07 Å². The Kier molecular flexibility index (Phi) is 3.61. The summed E-state index contributed by atoms with van der Waals surface area (Å²) >= 11 is 3.14. The van der Waals surface area contributed by atoms with Crippen molar-refractivity contribution >= 4 is 32.7 Å². The topological polar surface area (TPSA) is 75.2 Å². The number of halogens is 2. The van der Waals surface area contributed by atoms with Gasteiger partial charge in [0.1, 0.15) is 28.5 Å². The standard InChI is InChI=1S/C14H12BrFN4O2/c1-20-9-4-3-7(5-8(9)18-19-20)22-10-6-11(21-2)14(17)13(16)12(10)15/h3-6H,17H2,1-2H3. The van der Waals surface area contributed by atoms with Gasteiger partial charge in [0, 0.05) is 19.2 Å². The van der Waals surface area contributed by atoms with Gasteiger partial charge in [0.05, 0.1) is 17.1 Å². The number of ether oxygens (including phenoxy) is 2. The maximum Gasteiger partial charge on any atom is 0.167 e. The fraction of sp³-hybridized carbons (Fsp3) is 0.143. The van der Waals surface area contributed by atoms with Crippen LogP contribution in [0.3, 0.4) is 0 Å². The number of hydrogen-bond donors (Lipinski definition) is 1. The smallest absolute Gasteiger partial charge is 0.167 e. The summed E-state index contributed by atoms with van der Waals surface area (Å²) in [6.45, 7) is 0. The van der Waals surface area contributed by atoms with Gasteiger partial charge in [-0.05, 0) is 28.1 Å². The number of nitrogen functional groups attached to an aromatic ring is 1. The predicted octanol–water partition coefficient (Wildman–Crippen LogP) is 3.25. The van der Waals surface area contributed by atoms with E-state index in [9.17, 15) is 4.39 Å². The molecule has 2 N–H and O–H groups in total. The molecule has 6 nitrogen and oxygen atoms in total. The van der Waals surface area contributed by atoms with E-state index < -0.39 is 5.82 Å². The number of aryl methyl sites for hydroxylation is 1. The maximum absolute atomic E-state index is 14.0. The summed E-state index contributed by atoms with van der Waals surface area (Å²) in [6, 6.07) is 6.81. The van der Waals surface area contributed by atoms with E-state index in [1.165, 1.54) is 13.2 Å². The number of hydrogen-bond acceptors (Lipinski definition) is 5. The summed E-state index contributed by atoms with van der Waals surface area (Å²) in [5.74, 6) is 0.331. The molecule has 0 spiro atoms. The summed E-state index contributed by atoms with van der Waals surface area (Å²) < 4.78 is 26.6. The van der Waals surface area contributed by atoms with Crippen molar-refractivity contribution < 1.29 is 13.9 Å². The third-order valence-electron chi connectivity index (χ3n) is 3.20. The Balaban J connectivity index is 2.02. The van der Waals surface area contributed by atoms with E-state index in [0.29, 0.717) is 11.3 Å². The molecule has 114 valence electrons. The van der Waals surface area contributed by atoms with E-state index in [4.69, 9.17) is 15.2 Å². The number of nitrogens with zero attached hydrogens (tertiary/aromatic N) is 3. The molecule has 8 heteroatoms. The molecule has 0 saturated carbocycles. The molecule has 0 bridgehead atoms. The van der Waals surface area contributed by atoms with Gasteiger partial charge >= 0.3 is 0 Å².